The van der Waals surface area contributed by atoms with Gasteiger partial charge in [-0.25, -0.2) is 0 Å². The van der Waals surface area contributed by atoms with Crippen LogP contribution in [0.5, 0.6) is 5.75 Å². The number of nitrogens with zero attached hydrogens (tertiary/aromatic N) is 1. The van der Waals surface area contributed by atoms with E-state index in [9.17, 15) is 9.59 Å². The van der Waals surface area contributed by atoms with E-state index >= 15 is 0 Å². The molecule has 0 radical (unpaired) electrons. The van der Waals surface area contributed by atoms with E-state index in [-0.39, 0.29) is 17.6 Å². The molecule has 5 nitrogen and oxygen atoms in total. The Morgan fingerprint density at radius 2 is 1.82 bits per heavy atom. The molecule has 0 atom stereocenters. The van der Waals surface area contributed by atoms with E-state index in [4.69, 9.17) is 4.74 Å². The number of benzene rings is 2. The summed E-state index contributed by atoms with van der Waals surface area (Å²) in [6.45, 7) is 3.86. The highest BCUT2D eigenvalue weighted by Crippen LogP contribution is 2.23. The van der Waals surface area contributed by atoms with E-state index in [1.54, 1.807) is 7.11 Å². The van der Waals surface area contributed by atoms with E-state index in [2.05, 4.69) is 32.8 Å². The number of carbonyl (C=O) groups excluding carboxylic acids is 2. The van der Waals surface area contributed by atoms with E-state index in [1.165, 1.54) is 0 Å². The first-order valence-corrected chi connectivity index (χ1v) is 10.5. The summed E-state index contributed by atoms with van der Waals surface area (Å²) in [5, 5.41) is 2.99. The third kappa shape index (κ3) is 5.32. The van der Waals surface area contributed by atoms with Crippen LogP contribution in [0, 0.1) is 16.4 Å². The highest BCUT2D eigenvalue weighted by Gasteiger charge is 2.26. The Balaban J connectivity index is 1.49. The van der Waals surface area contributed by atoms with Crippen LogP contribution in [-0.2, 0) is 4.79 Å². The first-order valence-electron chi connectivity index (χ1n) is 9.43. The van der Waals surface area contributed by atoms with Crippen molar-refractivity contribution in [1.29, 1.82) is 0 Å². The second-order valence-electron chi connectivity index (χ2n) is 7.15. The zero-order valence-electron chi connectivity index (χ0n) is 16.2. The van der Waals surface area contributed by atoms with Crippen molar-refractivity contribution in [3.05, 3.63) is 57.2 Å². The lowest BCUT2D eigenvalue weighted by molar-refractivity contribution is -0.117. The van der Waals surface area contributed by atoms with Gasteiger partial charge in [-0.2, -0.15) is 0 Å². The molecule has 6 heteroatoms. The van der Waals surface area contributed by atoms with Crippen LogP contribution in [0.1, 0.15) is 28.8 Å². The van der Waals surface area contributed by atoms with Gasteiger partial charge in [0.1, 0.15) is 5.75 Å². The summed E-state index contributed by atoms with van der Waals surface area (Å²) in [6, 6.07) is 13.3. The Hall–Kier alpha value is -1.93. The smallest absolute Gasteiger partial charge is 0.238 e. The highest BCUT2D eigenvalue weighted by atomic mass is 127. The van der Waals surface area contributed by atoms with Crippen molar-refractivity contribution in [2.24, 2.45) is 5.92 Å². The van der Waals surface area contributed by atoms with Crippen LogP contribution in [-0.4, -0.2) is 43.3 Å². The molecule has 1 N–H and O–H groups in total. The predicted molar refractivity (Wildman–Crippen MR) is 119 cm³/mol. The molecular formula is C22H25IN2O3. The van der Waals surface area contributed by atoms with Crippen LogP contribution < -0.4 is 10.1 Å². The fourth-order valence-corrected chi connectivity index (χ4v) is 4.15. The van der Waals surface area contributed by atoms with Gasteiger partial charge >= 0.3 is 0 Å². The summed E-state index contributed by atoms with van der Waals surface area (Å²) < 4.78 is 6.29. The molecule has 0 bridgehead atoms. The Kier molecular flexibility index (Phi) is 7.07. The van der Waals surface area contributed by atoms with Gasteiger partial charge in [0.25, 0.3) is 0 Å². The van der Waals surface area contributed by atoms with Gasteiger partial charge in [-0.3, -0.25) is 14.5 Å². The molecule has 148 valence electrons. The standard InChI is InChI=1S/C22H25IN2O3/c1-15-13-18(23)5-8-20(15)24-21(26)14-25-11-9-17(10-12-25)22(27)16-3-6-19(28-2)7-4-16/h3-8,13,17H,9-12,14H2,1-2H3,(H,24,26). The second-order valence-corrected chi connectivity index (χ2v) is 8.40. The number of halogens is 1. The summed E-state index contributed by atoms with van der Waals surface area (Å²) in [6.07, 6.45) is 1.56. The molecule has 0 unspecified atom stereocenters. The SMILES string of the molecule is COc1ccc(C(=O)C2CCN(CC(=O)Nc3ccc(I)cc3C)CC2)cc1. The molecule has 1 aliphatic heterocycles. The molecule has 0 saturated carbocycles. The normalized spacial score (nSPS) is 15.2. The number of hydrogen-bond acceptors (Lipinski definition) is 4. The predicted octanol–water partition coefficient (Wildman–Crippen LogP) is 4.14. The van der Waals surface area contributed by atoms with Gasteiger partial charge in [0, 0.05) is 20.7 Å². The number of piperidine rings is 1. The van der Waals surface area contributed by atoms with Crippen LogP contribution in [0.15, 0.2) is 42.5 Å². The molecule has 2 aromatic carbocycles. The molecule has 2 aromatic rings. The Morgan fingerprint density at radius 3 is 2.43 bits per heavy atom. The first-order chi connectivity index (χ1) is 13.5. The zero-order chi connectivity index (χ0) is 20.1. The number of ether oxygens (including phenoxy) is 1. The molecule has 1 heterocycles. The minimum Gasteiger partial charge on any atom is -0.497 e. The average molecular weight is 492 g/mol. The lowest BCUT2D eigenvalue weighted by atomic mass is 9.89. The molecule has 3 rings (SSSR count). The molecular weight excluding hydrogens is 467 g/mol. The number of methoxy groups -OCH3 is 1. The molecule has 28 heavy (non-hydrogen) atoms. The minimum atomic E-state index is -0.00996. The van der Waals surface area contributed by atoms with E-state index < -0.39 is 0 Å². The number of ketones is 1. The fraction of sp³-hybridized carbons (Fsp3) is 0.364. The average Bonchev–Trinajstić information content (AvgIpc) is 2.70. The van der Waals surface area contributed by atoms with Crippen LogP contribution in [0.3, 0.4) is 0 Å². The summed E-state index contributed by atoms with van der Waals surface area (Å²) in [5.41, 5.74) is 2.64. The van der Waals surface area contributed by atoms with Crippen molar-refractivity contribution in [3.8, 4) is 5.75 Å². The minimum absolute atomic E-state index is 0.00996. The number of Topliss-reactive ketones (excluding diaryl/α,β-unsaturated/α-hetero) is 1. The van der Waals surface area contributed by atoms with Gasteiger partial charge < -0.3 is 10.1 Å². The number of amides is 1. The van der Waals surface area contributed by atoms with Crippen molar-refractivity contribution >= 4 is 40.0 Å². The summed E-state index contributed by atoms with van der Waals surface area (Å²) in [5.74, 6) is 0.942. The number of anilines is 1. The van der Waals surface area contributed by atoms with Gasteiger partial charge in [-0.05, 0) is 103 Å². The third-order valence-corrected chi connectivity index (χ3v) is 5.83. The zero-order valence-corrected chi connectivity index (χ0v) is 18.4. The molecule has 1 amide bonds. The van der Waals surface area contributed by atoms with E-state index in [0.29, 0.717) is 6.54 Å². The third-order valence-electron chi connectivity index (χ3n) is 5.16. The van der Waals surface area contributed by atoms with Crippen molar-refractivity contribution in [2.75, 3.05) is 32.1 Å². The summed E-state index contributed by atoms with van der Waals surface area (Å²) in [7, 11) is 1.61. The van der Waals surface area contributed by atoms with Gasteiger partial charge in [0.05, 0.1) is 13.7 Å². The maximum atomic E-state index is 12.7. The molecule has 1 saturated heterocycles. The maximum Gasteiger partial charge on any atom is 0.238 e. The number of carbonyl (C=O) groups is 2. The molecule has 1 fully saturated rings. The van der Waals surface area contributed by atoms with Crippen molar-refractivity contribution < 1.29 is 14.3 Å². The Morgan fingerprint density at radius 1 is 1.14 bits per heavy atom. The molecule has 0 aromatic heterocycles. The first kappa shape index (κ1) is 20.8. The summed E-state index contributed by atoms with van der Waals surface area (Å²) in [4.78, 5) is 27.2. The lowest BCUT2D eigenvalue weighted by Crippen LogP contribution is -2.40. The fourth-order valence-electron chi connectivity index (χ4n) is 3.50. The number of likely N-dealkylation sites (tertiary alicyclic amines) is 1. The topological polar surface area (TPSA) is 58.6 Å². The molecule has 1 aliphatic rings. The number of rotatable bonds is 6. The molecule has 0 aliphatic carbocycles. The van der Waals surface area contributed by atoms with Crippen molar-refractivity contribution in [1.82, 2.24) is 4.90 Å². The number of aryl methyl sites for hydroxylation is 1. The van der Waals surface area contributed by atoms with E-state index in [0.717, 1.165) is 52.1 Å². The Bertz CT molecular complexity index is 843. The quantitative estimate of drug-likeness (QED) is 0.487. The summed E-state index contributed by atoms with van der Waals surface area (Å²) >= 11 is 2.26. The lowest BCUT2D eigenvalue weighted by Gasteiger charge is -2.30. The van der Waals surface area contributed by atoms with E-state index in [1.807, 2.05) is 49.4 Å². The van der Waals surface area contributed by atoms with Crippen LogP contribution in [0.25, 0.3) is 0 Å². The van der Waals surface area contributed by atoms with Gasteiger partial charge in [0.2, 0.25) is 5.91 Å². The van der Waals surface area contributed by atoms with Gasteiger partial charge in [-0.1, -0.05) is 0 Å². The van der Waals surface area contributed by atoms with Crippen LogP contribution in [0.4, 0.5) is 5.69 Å². The monoisotopic (exact) mass is 492 g/mol. The number of nitrogens with one attached hydrogen (secondary N) is 1. The van der Waals surface area contributed by atoms with Gasteiger partial charge in [0.15, 0.2) is 5.78 Å². The Labute approximate surface area is 179 Å². The van der Waals surface area contributed by atoms with Crippen LogP contribution in [0.2, 0.25) is 0 Å². The number of hydrogen-bond donors (Lipinski definition) is 1. The maximum absolute atomic E-state index is 12.7. The molecule has 0 spiro atoms. The van der Waals surface area contributed by atoms with Crippen LogP contribution >= 0.6 is 22.6 Å². The van der Waals surface area contributed by atoms with Gasteiger partial charge in [-0.15, -0.1) is 0 Å². The van der Waals surface area contributed by atoms with Crippen molar-refractivity contribution in [2.45, 2.75) is 19.8 Å². The largest absolute Gasteiger partial charge is 0.497 e. The van der Waals surface area contributed by atoms with Crippen molar-refractivity contribution in [3.63, 3.8) is 0 Å². The second kappa shape index (κ2) is 9.52. The highest BCUT2D eigenvalue weighted by molar-refractivity contribution is 14.1.